The molecule has 100 valence electrons. The highest BCUT2D eigenvalue weighted by Gasteiger charge is 2.38. The summed E-state index contributed by atoms with van der Waals surface area (Å²) in [5.74, 6) is -1.37. The molecule has 1 aliphatic rings. The van der Waals surface area contributed by atoms with E-state index in [0.717, 1.165) is 12.1 Å². The Kier molecular flexibility index (Phi) is 3.68. The molecule has 0 radical (unpaired) electrons. The van der Waals surface area contributed by atoms with Gasteiger partial charge in [-0.2, -0.15) is 0 Å². The summed E-state index contributed by atoms with van der Waals surface area (Å²) < 4.78 is 36.7. The Balaban J connectivity index is 2.07. The van der Waals surface area contributed by atoms with Gasteiger partial charge in [0.05, 0.1) is 38.0 Å². The highest BCUT2D eigenvalue weighted by molar-refractivity contribution is 5.49. The Morgan fingerprint density at radius 1 is 1.39 bits per heavy atom. The van der Waals surface area contributed by atoms with E-state index < -0.39 is 17.0 Å². The average Bonchev–Trinajstić information content (AvgIpc) is 2.32. The zero-order chi connectivity index (χ0) is 13.2. The number of anilines is 1. The number of halogens is 2. The first-order chi connectivity index (χ1) is 8.60. The van der Waals surface area contributed by atoms with Gasteiger partial charge in [0.2, 0.25) is 0 Å². The highest BCUT2D eigenvalue weighted by atomic mass is 19.1. The minimum Gasteiger partial charge on any atom is -0.494 e. The Morgan fingerprint density at radius 3 is 2.61 bits per heavy atom. The molecule has 0 bridgehead atoms. The first kappa shape index (κ1) is 13.0. The van der Waals surface area contributed by atoms with Crippen molar-refractivity contribution in [1.29, 1.82) is 0 Å². The molecule has 4 nitrogen and oxygen atoms in total. The Morgan fingerprint density at radius 2 is 2.11 bits per heavy atom. The summed E-state index contributed by atoms with van der Waals surface area (Å²) >= 11 is 0. The standard InChI is InChI=1S/C12H15F2NO3/c1-17-11-3-8(13)10(2-9(11)14)15-4-12(5-16)6-18-7-12/h2-3,15-16H,4-7H2,1H3. The van der Waals surface area contributed by atoms with Gasteiger partial charge in [-0.05, 0) is 0 Å². The van der Waals surface area contributed by atoms with Crippen molar-refractivity contribution in [1.82, 2.24) is 0 Å². The van der Waals surface area contributed by atoms with Crippen LogP contribution in [-0.4, -0.2) is 38.6 Å². The largest absolute Gasteiger partial charge is 0.494 e. The summed E-state index contributed by atoms with van der Waals surface area (Å²) in [4.78, 5) is 0. The van der Waals surface area contributed by atoms with Crippen molar-refractivity contribution < 1.29 is 23.4 Å². The van der Waals surface area contributed by atoms with E-state index in [1.54, 1.807) is 0 Å². The van der Waals surface area contributed by atoms with Crippen molar-refractivity contribution in [3.8, 4) is 5.75 Å². The SMILES string of the molecule is COc1cc(F)c(NCC2(CO)COC2)cc1F. The van der Waals surface area contributed by atoms with Crippen molar-refractivity contribution in [2.75, 3.05) is 38.8 Å². The molecule has 1 fully saturated rings. The maximum Gasteiger partial charge on any atom is 0.167 e. The first-order valence-corrected chi connectivity index (χ1v) is 5.56. The molecule has 0 amide bonds. The quantitative estimate of drug-likeness (QED) is 0.839. The van der Waals surface area contributed by atoms with Crippen LogP contribution >= 0.6 is 0 Å². The molecule has 1 aromatic carbocycles. The van der Waals surface area contributed by atoms with Crippen LogP contribution in [0.5, 0.6) is 5.75 Å². The first-order valence-electron chi connectivity index (χ1n) is 5.56. The fourth-order valence-electron chi connectivity index (χ4n) is 1.74. The number of aliphatic hydroxyl groups excluding tert-OH is 1. The molecule has 1 aliphatic heterocycles. The van der Waals surface area contributed by atoms with E-state index in [9.17, 15) is 13.9 Å². The number of ether oxygens (including phenoxy) is 2. The molecular weight excluding hydrogens is 244 g/mol. The third-order valence-electron chi connectivity index (χ3n) is 3.05. The molecular formula is C12H15F2NO3. The Labute approximate surface area is 104 Å². The van der Waals surface area contributed by atoms with Crippen molar-refractivity contribution >= 4 is 5.69 Å². The predicted octanol–water partition coefficient (Wildman–Crippen LogP) is 1.39. The molecule has 1 aromatic rings. The molecule has 0 spiro atoms. The van der Waals surface area contributed by atoms with Crippen LogP contribution in [0, 0.1) is 17.0 Å². The number of hydrogen-bond donors (Lipinski definition) is 2. The van der Waals surface area contributed by atoms with Gasteiger partial charge in [-0.1, -0.05) is 0 Å². The second-order valence-electron chi connectivity index (χ2n) is 4.47. The predicted molar refractivity (Wildman–Crippen MR) is 61.7 cm³/mol. The lowest BCUT2D eigenvalue weighted by Crippen LogP contribution is -2.50. The fourth-order valence-corrected chi connectivity index (χ4v) is 1.74. The zero-order valence-electron chi connectivity index (χ0n) is 10.0. The van der Waals surface area contributed by atoms with Crippen molar-refractivity contribution in [2.45, 2.75) is 0 Å². The van der Waals surface area contributed by atoms with Crippen LogP contribution in [0.25, 0.3) is 0 Å². The molecule has 0 aliphatic carbocycles. The summed E-state index contributed by atoms with van der Waals surface area (Å²) in [6.07, 6.45) is 0. The van der Waals surface area contributed by atoms with Gasteiger partial charge in [0.15, 0.2) is 11.6 Å². The average molecular weight is 259 g/mol. The topological polar surface area (TPSA) is 50.7 Å². The van der Waals surface area contributed by atoms with Gasteiger partial charge < -0.3 is 19.9 Å². The van der Waals surface area contributed by atoms with Crippen LogP contribution in [0.4, 0.5) is 14.5 Å². The summed E-state index contributed by atoms with van der Waals surface area (Å²) in [6, 6.07) is 2.03. The summed E-state index contributed by atoms with van der Waals surface area (Å²) in [7, 11) is 1.28. The van der Waals surface area contributed by atoms with E-state index >= 15 is 0 Å². The zero-order valence-corrected chi connectivity index (χ0v) is 10.0. The second-order valence-corrected chi connectivity index (χ2v) is 4.47. The summed E-state index contributed by atoms with van der Waals surface area (Å²) in [5, 5.41) is 12.0. The minimum absolute atomic E-state index is 0.0491. The molecule has 1 saturated heterocycles. The van der Waals surface area contributed by atoms with Crippen LogP contribution in [0.2, 0.25) is 0 Å². The highest BCUT2D eigenvalue weighted by Crippen LogP contribution is 2.29. The fraction of sp³-hybridized carbons (Fsp3) is 0.500. The molecule has 0 atom stereocenters. The Bertz CT molecular complexity index is 430. The van der Waals surface area contributed by atoms with E-state index in [1.807, 2.05) is 0 Å². The molecule has 0 aromatic heterocycles. The number of benzene rings is 1. The van der Waals surface area contributed by atoms with Gasteiger partial charge in [-0.15, -0.1) is 0 Å². The third-order valence-corrected chi connectivity index (χ3v) is 3.05. The van der Waals surface area contributed by atoms with Crippen LogP contribution in [-0.2, 0) is 4.74 Å². The molecule has 18 heavy (non-hydrogen) atoms. The molecule has 0 unspecified atom stereocenters. The van der Waals surface area contributed by atoms with Crippen molar-refractivity contribution in [2.24, 2.45) is 5.41 Å². The minimum atomic E-state index is -0.635. The van der Waals surface area contributed by atoms with Crippen LogP contribution in [0.15, 0.2) is 12.1 Å². The van der Waals surface area contributed by atoms with E-state index in [4.69, 9.17) is 4.74 Å². The van der Waals surface area contributed by atoms with Gasteiger partial charge in [0, 0.05) is 18.7 Å². The van der Waals surface area contributed by atoms with Gasteiger partial charge in [-0.25, -0.2) is 8.78 Å². The van der Waals surface area contributed by atoms with Gasteiger partial charge in [0.1, 0.15) is 5.82 Å². The molecule has 1 heterocycles. The Hall–Kier alpha value is -1.40. The van der Waals surface area contributed by atoms with Crippen molar-refractivity contribution in [3.63, 3.8) is 0 Å². The number of rotatable bonds is 5. The normalized spacial score (nSPS) is 17.1. The maximum atomic E-state index is 13.6. The van der Waals surface area contributed by atoms with E-state index in [2.05, 4.69) is 10.1 Å². The van der Waals surface area contributed by atoms with E-state index in [0.29, 0.717) is 19.8 Å². The van der Waals surface area contributed by atoms with E-state index in [1.165, 1.54) is 7.11 Å². The van der Waals surface area contributed by atoms with Crippen LogP contribution in [0.1, 0.15) is 0 Å². The second kappa shape index (κ2) is 5.07. The van der Waals surface area contributed by atoms with Crippen LogP contribution in [0.3, 0.4) is 0 Å². The van der Waals surface area contributed by atoms with Gasteiger partial charge >= 0.3 is 0 Å². The monoisotopic (exact) mass is 259 g/mol. The lowest BCUT2D eigenvalue weighted by Gasteiger charge is -2.40. The summed E-state index contributed by atoms with van der Waals surface area (Å²) in [5.41, 5.74) is -0.351. The van der Waals surface area contributed by atoms with Crippen molar-refractivity contribution in [3.05, 3.63) is 23.8 Å². The van der Waals surface area contributed by atoms with E-state index in [-0.39, 0.29) is 18.0 Å². The van der Waals surface area contributed by atoms with Gasteiger partial charge in [0.25, 0.3) is 0 Å². The summed E-state index contributed by atoms with van der Waals surface area (Å²) in [6.45, 7) is 1.10. The number of nitrogens with one attached hydrogen (secondary N) is 1. The molecule has 6 heteroatoms. The maximum absolute atomic E-state index is 13.6. The number of hydrogen-bond acceptors (Lipinski definition) is 4. The molecule has 0 saturated carbocycles. The van der Waals surface area contributed by atoms with Gasteiger partial charge in [-0.3, -0.25) is 0 Å². The number of aliphatic hydroxyl groups is 1. The van der Waals surface area contributed by atoms with Crippen LogP contribution < -0.4 is 10.1 Å². The lowest BCUT2D eigenvalue weighted by atomic mass is 9.87. The lowest BCUT2D eigenvalue weighted by molar-refractivity contribution is -0.128. The smallest absolute Gasteiger partial charge is 0.167 e. The molecule has 2 N–H and O–H groups in total. The third kappa shape index (κ3) is 2.39. The number of methoxy groups -OCH3 is 1. The molecule has 2 rings (SSSR count).